The van der Waals surface area contributed by atoms with Crippen LogP contribution in [0.4, 0.5) is 0 Å². The molecule has 1 aliphatic heterocycles. The first kappa shape index (κ1) is 18.0. The standard InChI is InChI=1S/C8H13N3O.C4H6O6/c1-6-10-8(12-11-6)7-3-2-4-9-5-7;5-1(3(7)8)2(6)4(9)10/h7,9H,2-5H2,1H3;1-2,5-6H,(H,7,8)(H,9,10)/t7-;1-,2-/m11/s1. The second-order valence-electron chi connectivity index (χ2n) is 4.79. The topological polar surface area (TPSA) is 166 Å². The minimum atomic E-state index is -2.27. The van der Waals surface area contributed by atoms with Crippen LogP contribution in [0.1, 0.15) is 30.5 Å². The van der Waals surface area contributed by atoms with Gasteiger partial charge in [-0.1, -0.05) is 5.16 Å². The lowest BCUT2D eigenvalue weighted by molar-refractivity contribution is -0.165. The molecule has 0 amide bonds. The van der Waals surface area contributed by atoms with Crippen LogP contribution in [0.25, 0.3) is 0 Å². The zero-order valence-electron chi connectivity index (χ0n) is 12.0. The minimum Gasteiger partial charge on any atom is -0.479 e. The third-order valence-corrected chi connectivity index (χ3v) is 2.99. The molecule has 0 aromatic carbocycles. The highest BCUT2D eigenvalue weighted by molar-refractivity contribution is 5.83. The number of nitrogens with one attached hydrogen (secondary N) is 1. The number of piperidine rings is 1. The molecule has 1 saturated heterocycles. The Hall–Kier alpha value is -2.04. The molecule has 1 aromatic rings. The Balaban J connectivity index is 0.000000225. The Kier molecular flexibility index (Phi) is 6.89. The number of aryl methyl sites for hydroxylation is 1. The molecular weight excluding hydrogens is 298 g/mol. The SMILES string of the molecule is Cc1noc([C@@H]2CCCNC2)n1.O=C(O)[C@H](O)[C@@H](O)C(=O)O. The van der Waals surface area contributed by atoms with Gasteiger partial charge in [0.05, 0.1) is 5.92 Å². The molecule has 1 aliphatic rings. The summed E-state index contributed by atoms with van der Waals surface area (Å²) in [4.78, 5) is 23.8. The predicted molar refractivity (Wildman–Crippen MR) is 71.2 cm³/mol. The van der Waals surface area contributed by atoms with Gasteiger partial charge in [-0.25, -0.2) is 9.59 Å². The van der Waals surface area contributed by atoms with Crippen molar-refractivity contribution < 1.29 is 34.5 Å². The summed E-state index contributed by atoms with van der Waals surface area (Å²) in [5, 5.41) is 39.6. The maximum atomic E-state index is 9.77. The molecule has 10 nitrogen and oxygen atoms in total. The molecule has 0 saturated carbocycles. The predicted octanol–water partition coefficient (Wildman–Crippen LogP) is -1.28. The fraction of sp³-hybridized carbons (Fsp3) is 0.667. The van der Waals surface area contributed by atoms with Gasteiger partial charge in [-0.05, 0) is 26.3 Å². The van der Waals surface area contributed by atoms with Gasteiger partial charge in [-0.3, -0.25) is 0 Å². The highest BCUT2D eigenvalue weighted by Crippen LogP contribution is 2.20. The monoisotopic (exact) mass is 317 g/mol. The molecule has 22 heavy (non-hydrogen) atoms. The van der Waals surface area contributed by atoms with E-state index in [1.165, 1.54) is 6.42 Å². The highest BCUT2D eigenvalue weighted by atomic mass is 16.5. The molecule has 5 N–H and O–H groups in total. The summed E-state index contributed by atoms with van der Waals surface area (Å²) in [5.41, 5.74) is 0. The second-order valence-corrected chi connectivity index (χ2v) is 4.79. The van der Waals surface area contributed by atoms with Crippen LogP contribution >= 0.6 is 0 Å². The van der Waals surface area contributed by atoms with Crippen molar-refractivity contribution in [2.75, 3.05) is 13.1 Å². The summed E-state index contributed by atoms with van der Waals surface area (Å²) in [6.07, 6.45) is -2.17. The molecule has 0 spiro atoms. The maximum absolute atomic E-state index is 9.77. The van der Waals surface area contributed by atoms with Crippen LogP contribution in [0, 0.1) is 6.92 Å². The van der Waals surface area contributed by atoms with Crippen molar-refractivity contribution in [1.29, 1.82) is 0 Å². The van der Waals surface area contributed by atoms with Gasteiger partial charge in [0.15, 0.2) is 18.0 Å². The van der Waals surface area contributed by atoms with Gasteiger partial charge in [-0.15, -0.1) is 0 Å². The number of aliphatic hydroxyl groups is 2. The van der Waals surface area contributed by atoms with Gasteiger partial charge in [-0.2, -0.15) is 4.98 Å². The zero-order chi connectivity index (χ0) is 16.7. The molecule has 0 bridgehead atoms. The van der Waals surface area contributed by atoms with Gasteiger partial charge in [0.25, 0.3) is 0 Å². The number of aliphatic carboxylic acids is 2. The normalized spacial score (nSPS) is 20.4. The first-order valence-corrected chi connectivity index (χ1v) is 6.65. The van der Waals surface area contributed by atoms with Gasteiger partial charge in [0.2, 0.25) is 5.89 Å². The van der Waals surface area contributed by atoms with E-state index in [1.54, 1.807) is 0 Å². The average molecular weight is 317 g/mol. The number of carboxylic acid groups (broad SMARTS) is 2. The fourth-order valence-corrected chi connectivity index (χ4v) is 1.81. The Bertz CT molecular complexity index is 481. The first-order valence-electron chi connectivity index (χ1n) is 6.65. The number of rotatable bonds is 4. The number of aliphatic hydroxyl groups excluding tert-OH is 2. The Labute approximate surface area is 125 Å². The average Bonchev–Trinajstić information content (AvgIpc) is 2.93. The fourth-order valence-electron chi connectivity index (χ4n) is 1.81. The number of aromatic nitrogens is 2. The Morgan fingerprint density at radius 3 is 2.23 bits per heavy atom. The van der Waals surface area contributed by atoms with Crippen LogP contribution in [0.3, 0.4) is 0 Å². The summed E-state index contributed by atoms with van der Waals surface area (Å²) in [6, 6.07) is 0. The molecule has 124 valence electrons. The van der Waals surface area contributed by atoms with Crippen LogP contribution in [-0.2, 0) is 9.59 Å². The summed E-state index contributed by atoms with van der Waals surface area (Å²) in [5.74, 6) is -1.58. The van der Waals surface area contributed by atoms with E-state index in [2.05, 4.69) is 15.5 Å². The van der Waals surface area contributed by atoms with Crippen molar-refractivity contribution in [1.82, 2.24) is 15.5 Å². The molecule has 2 heterocycles. The minimum absolute atomic E-state index is 0.431. The molecule has 1 aromatic heterocycles. The molecule has 3 atom stereocenters. The first-order chi connectivity index (χ1) is 10.3. The maximum Gasteiger partial charge on any atom is 0.335 e. The van der Waals surface area contributed by atoms with Crippen molar-refractivity contribution in [3.63, 3.8) is 0 Å². The van der Waals surface area contributed by atoms with E-state index in [-0.39, 0.29) is 0 Å². The quantitative estimate of drug-likeness (QED) is 0.451. The van der Waals surface area contributed by atoms with Crippen molar-refractivity contribution in [3.8, 4) is 0 Å². The van der Waals surface area contributed by atoms with E-state index < -0.39 is 24.1 Å². The van der Waals surface area contributed by atoms with Crippen LogP contribution in [-0.4, -0.2) is 67.8 Å². The summed E-state index contributed by atoms with van der Waals surface area (Å²) in [7, 11) is 0. The third kappa shape index (κ3) is 5.39. The van der Waals surface area contributed by atoms with Crippen LogP contribution in [0.15, 0.2) is 4.52 Å². The largest absolute Gasteiger partial charge is 0.479 e. The van der Waals surface area contributed by atoms with Crippen molar-refractivity contribution in [2.24, 2.45) is 0 Å². The summed E-state index contributed by atoms with van der Waals surface area (Å²) >= 11 is 0. The summed E-state index contributed by atoms with van der Waals surface area (Å²) in [6.45, 7) is 3.94. The molecule has 1 fully saturated rings. The molecule has 2 rings (SSSR count). The molecule has 0 aliphatic carbocycles. The van der Waals surface area contributed by atoms with E-state index in [1.807, 2.05) is 6.92 Å². The van der Waals surface area contributed by atoms with E-state index in [9.17, 15) is 9.59 Å². The molecule has 0 radical (unpaired) electrons. The van der Waals surface area contributed by atoms with Crippen LogP contribution < -0.4 is 5.32 Å². The lowest BCUT2D eigenvalue weighted by Crippen LogP contribution is -2.39. The number of nitrogens with zero attached hydrogens (tertiary/aromatic N) is 2. The number of hydrogen-bond donors (Lipinski definition) is 5. The molecule has 10 heteroatoms. The van der Waals surface area contributed by atoms with Crippen LogP contribution in [0.2, 0.25) is 0 Å². The third-order valence-electron chi connectivity index (χ3n) is 2.99. The van der Waals surface area contributed by atoms with E-state index in [0.717, 1.165) is 31.2 Å². The lowest BCUT2D eigenvalue weighted by Gasteiger charge is -2.18. The van der Waals surface area contributed by atoms with Crippen molar-refractivity contribution >= 4 is 11.9 Å². The van der Waals surface area contributed by atoms with Crippen LogP contribution in [0.5, 0.6) is 0 Å². The van der Waals surface area contributed by atoms with Crippen molar-refractivity contribution in [3.05, 3.63) is 11.7 Å². The number of hydrogen-bond acceptors (Lipinski definition) is 8. The number of carboxylic acids is 2. The Morgan fingerprint density at radius 1 is 1.27 bits per heavy atom. The Morgan fingerprint density at radius 2 is 1.86 bits per heavy atom. The van der Waals surface area contributed by atoms with E-state index in [4.69, 9.17) is 24.9 Å². The summed E-state index contributed by atoms with van der Waals surface area (Å²) < 4.78 is 5.10. The number of carbonyl (C=O) groups is 2. The van der Waals surface area contributed by atoms with Gasteiger partial charge < -0.3 is 30.3 Å². The van der Waals surface area contributed by atoms with Gasteiger partial charge in [0.1, 0.15) is 0 Å². The zero-order valence-corrected chi connectivity index (χ0v) is 12.0. The highest BCUT2D eigenvalue weighted by Gasteiger charge is 2.29. The van der Waals surface area contributed by atoms with Gasteiger partial charge in [0, 0.05) is 6.54 Å². The molecule has 0 unspecified atom stereocenters. The van der Waals surface area contributed by atoms with E-state index in [0.29, 0.717) is 5.92 Å². The second kappa shape index (κ2) is 8.41. The van der Waals surface area contributed by atoms with Crippen molar-refractivity contribution in [2.45, 2.75) is 37.9 Å². The smallest absolute Gasteiger partial charge is 0.335 e. The molecular formula is C12H19N3O7. The van der Waals surface area contributed by atoms with E-state index >= 15 is 0 Å². The lowest BCUT2D eigenvalue weighted by atomic mass is 10.00. The van der Waals surface area contributed by atoms with Gasteiger partial charge >= 0.3 is 11.9 Å².